The molecule has 0 unspecified atom stereocenters. The van der Waals surface area contributed by atoms with E-state index in [2.05, 4.69) is 15.2 Å². The van der Waals surface area contributed by atoms with Crippen LogP contribution in [0.2, 0.25) is 10.0 Å². The van der Waals surface area contributed by atoms with Crippen LogP contribution in [0.25, 0.3) is 0 Å². The van der Waals surface area contributed by atoms with E-state index in [1.54, 1.807) is 12.4 Å². The summed E-state index contributed by atoms with van der Waals surface area (Å²) in [5.74, 6) is 0.207. The number of hydrogen-bond donors (Lipinski definition) is 1. The first-order chi connectivity index (χ1) is 9.12. The quantitative estimate of drug-likeness (QED) is 0.866. The van der Waals surface area contributed by atoms with E-state index >= 15 is 0 Å². The molecule has 0 bridgehead atoms. The molecule has 0 aliphatic carbocycles. The normalized spacial score (nSPS) is 21.8. The van der Waals surface area contributed by atoms with Crippen molar-refractivity contribution in [1.82, 2.24) is 10.3 Å². The number of pyridine rings is 1. The smallest absolute Gasteiger partial charge is 0.226 e. The lowest BCUT2D eigenvalue weighted by atomic mass is 9.77. The Labute approximate surface area is 122 Å². The van der Waals surface area contributed by atoms with Crippen LogP contribution in [-0.4, -0.2) is 30.5 Å². The fraction of sp³-hybridized carbons (Fsp3) is 0.538. The third-order valence-corrected chi connectivity index (χ3v) is 4.79. The number of nitrogens with one attached hydrogen (secondary N) is 1. The Bertz CT molecular complexity index is 492. The van der Waals surface area contributed by atoms with Crippen LogP contribution in [0.15, 0.2) is 12.4 Å². The molecule has 2 saturated heterocycles. The number of hydrogen-bond acceptors (Lipinski definition) is 3. The monoisotopic (exact) mass is 299 g/mol. The summed E-state index contributed by atoms with van der Waals surface area (Å²) in [6.07, 6.45) is 5.87. The molecule has 0 radical (unpaired) electrons. The minimum Gasteiger partial charge on any atom is -0.369 e. The number of nitrogens with zero attached hydrogens (tertiary/aromatic N) is 2. The third kappa shape index (κ3) is 2.17. The van der Waals surface area contributed by atoms with Gasteiger partial charge in [0.25, 0.3) is 0 Å². The van der Waals surface area contributed by atoms with Gasteiger partial charge in [-0.1, -0.05) is 23.2 Å². The Balaban J connectivity index is 1.79. The molecule has 1 spiro atoms. The largest absolute Gasteiger partial charge is 0.369 e. The topological polar surface area (TPSA) is 45.2 Å². The summed E-state index contributed by atoms with van der Waals surface area (Å²) in [6.45, 7) is 2.41. The number of rotatable bonds is 1. The standard InChI is InChI=1S/C13H15Cl2N3O/c14-9-7-16-8-10(15)11(9)18-5-2-13(3-6-18)1-4-17-12(13)19/h7-8H,1-6H2,(H,17,19). The number of halogens is 2. The van der Waals surface area contributed by atoms with Crippen molar-refractivity contribution in [3.05, 3.63) is 22.4 Å². The van der Waals surface area contributed by atoms with E-state index in [0.29, 0.717) is 10.0 Å². The maximum absolute atomic E-state index is 11.9. The van der Waals surface area contributed by atoms with Crippen LogP contribution in [0.4, 0.5) is 5.69 Å². The lowest BCUT2D eigenvalue weighted by Crippen LogP contribution is -2.44. The van der Waals surface area contributed by atoms with Crippen molar-refractivity contribution < 1.29 is 4.79 Å². The number of amides is 1. The maximum atomic E-state index is 11.9. The fourth-order valence-corrected chi connectivity index (χ4v) is 3.66. The van der Waals surface area contributed by atoms with Gasteiger partial charge in [0, 0.05) is 32.0 Å². The van der Waals surface area contributed by atoms with Crippen molar-refractivity contribution in [3.63, 3.8) is 0 Å². The number of carbonyl (C=O) groups is 1. The van der Waals surface area contributed by atoms with Crippen LogP contribution in [0.5, 0.6) is 0 Å². The summed E-state index contributed by atoms with van der Waals surface area (Å²) < 4.78 is 0. The van der Waals surface area contributed by atoms with E-state index in [0.717, 1.165) is 44.6 Å². The van der Waals surface area contributed by atoms with Crippen LogP contribution in [-0.2, 0) is 4.79 Å². The second-order valence-electron chi connectivity index (χ2n) is 5.23. The molecule has 1 aromatic heterocycles. The first-order valence-electron chi connectivity index (χ1n) is 6.45. The highest BCUT2D eigenvalue weighted by Gasteiger charge is 2.44. The highest BCUT2D eigenvalue weighted by molar-refractivity contribution is 6.38. The van der Waals surface area contributed by atoms with Crippen molar-refractivity contribution in [2.75, 3.05) is 24.5 Å². The van der Waals surface area contributed by atoms with Crippen molar-refractivity contribution >= 4 is 34.8 Å². The van der Waals surface area contributed by atoms with Gasteiger partial charge in [-0.3, -0.25) is 9.78 Å². The molecule has 0 aromatic carbocycles. The molecule has 102 valence electrons. The van der Waals surface area contributed by atoms with Gasteiger partial charge in [0.15, 0.2) is 0 Å². The SMILES string of the molecule is O=C1NCCC12CCN(c1c(Cl)cncc1Cl)CC2. The van der Waals surface area contributed by atoms with Crippen LogP contribution in [0, 0.1) is 5.41 Å². The van der Waals surface area contributed by atoms with Crippen LogP contribution in [0.3, 0.4) is 0 Å². The molecule has 2 aliphatic heterocycles. The second-order valence-corrected chi connectivity index (χ2v) is 6.04. The van der Waals surface area contributed by atoms with Gasteiger partial charge in [0.1, 0.15) is 0 Å². The van der Waals surface area contributed by atoms with E-state index in [1.807, 2.05) is 0 Å². The average molecular weight is 300 g/mol. The van der Waals surface area contributed by atoms with Crippen LogP contribution >= 0.6 is 23.2 Å². The van der Waals surface area contributed by atoms with Crippen molar-refractivity contribution in [3.8, 4) is 0 Å². The molecule has 2 aliphatic rings. The Kier molecular flexibility index (Phi) is 3.31. The minimum atomic E-state index is -0.164. The van der Waals surface area contributed by atoms with Gasteiger partial charge in [-0.15, -0.1) is 0 Å². The van der Waals surface area contributed by atoms with Crippen molar-refractivity contribution in [2.45, 2.75) is 19.3 Å². The molecule has 6 heteroatoms. The van der Waals surface area contributed by atoms with Gasteiger partial charge in [-0.05, 0) is 19.3 Å². The summed E-state index contributed by atoms with van der Waals surface area (Å²) in [5.41, 5.74) is 0.675. The highest BCUT2D eigenvalue weighted by atomic mass is 35.5. The third-order valence-electron chi connectivity index (χ3n) is 4.24. The summed E-state index contributed by atoms with van der Waals surface area (Å²) >= 11 is 12.3. The summed E-state index contributed by atoms with van der Waals surface area (Å²) in [4.78, 5) is 18.1. The van der Waals surface area contributed by atoms with Gasteiger partial charge in [-0.2, -0.15) is 0 Å². The van der Waals surface area contributed by atoms with Crippen LogP contribution in [0.1, 0.15) is 19.3 Å². The van der Waals surface area contributed by atoms with E-state index < -0.39 is 0 Å². The van der Waals surface area contributed by atoms with E-state index in [9.17, 15) is 4.79 Å². The lowest BCUT2D eigenvalue weighted by molar-refractivity contribution is -0.128. The van der Waals surface area contributed by atoms with Gasteiger partial charge in [0.05, 0.1) is 21.1 Å². The zero-order chi connectivity index (χ0) is 13.5. The zero-order valence-electron chi connectivity index (χ0n) is 10.5. The van der Waals surface area contributed by atoms with E-state index in [1.165, 1.54) is 0 Å². The summed E-state index contributed by atoms with van der Waals surface area (Å²) in [7, 11) is 0. The van der Waals surface area contributed by atoms with Crippen LogP contribution < -0.4 is 10.2 Å². The Morgan fingerprint density at radius 1 is 1.16 bits per heavy atom. The lowest BCUT2D eigenvalue weighted by Gasteiger charge is -2.39. The number of aromatic nitrogens is 1. The molecule has 1 amide bonds. The Hall–Kier alpha value is -1.00. The molecule has 3 heterocycles. The molecule has 1 N–H and O–H groups in total. The van der Waals surface area contributed by atoms with E-state index in [-0.39, 0.29) is 11.3 Å². The molecular weight excluding hydrogens is 285 g/mol. The summed E-state index contributed by atoms with van der Waals surface area (Å²) in [5, 5.41) is 4.08. The molecule has 2 fully saturated rings. The number of anilines is 1. The van der Waals surface area contributed by atoms with Gasteiger partial charge in [0.2, 0.25) is 5.91 Å². The summed E-state index contributed by atoms with van der Waals surface area (Å²) in [6, 6.07) is 0. The maximum Gasteiger partial charge on any atom is 0.226 e. The molecule has 4 nitrogen and oxygen atoms in total. The van der Waals surface area contributed by atoms with Crippen molar-refractivity contribution in [1.29, 1.82) is 0 Å². The molecule has 19 heavy (non-hydrogen) atoms. The minimum absolute atomic E-state index is 0.164. The average Bonchev–Trinajstić information content (AvgIpc) is 2.73. The highest BCUT2D eigenvalue weighted by Crippen LogP contribution is 2.41. The number of piperidine rings is 1. The zero-order valence-corrected chi connectivity index (χ0v) is 12.0. The number of carbonyl (C=O) groups excluding carboxylic acids is 1. The molecule has 0 saturated carbocycles. The first-order valence-corrected chi connectivity index (χ1v) is 7.20. The predicted molar refractivity (Wildman–Crippen MR) is 75.8 cm³/mol. The molecule has 1 aromatic rings. The first kappa shape index (κ1) is 13.0. The van der Waals surface area contributed by atoms with Gasteiger partial charge >= 0.3 is 0 Å². The molecule has 0 atom stereocenters. The Morgan fingerprint density at radius 3 is 2.32 bits per heavy atom. The van der Waals surface area contributed by atoms with E-state index in [4.69, 9.17) is 23.2 Å². The fourth-order valence-electron chi connectivity index (χ4n) is 3.06. The molecule has 3 rings (SSSR count). The molecular formula is C13H15Cl2N3O. The van der Waals surface area contributed by atoms with Gasteiger partial charge in [-0.25, -0.2) is 0 Å². The van der Waals surface area contributed by atoms with Crippen molar-refractivity contribution in [2.24, 2.45) is 5.41 Å². The van der Waals surface area contributed by atoms with Gasteiger partial charge < -0.3 is 10.2 Å². The Morgan fingerprint density at radius 2 is 1.79 bits per heavy atom. The second kappa shape index (κ2) is 4.84. The predicted octanol–water partition coefficient (Wildman–Crippen LogP) is 2.49.